The molecule has 18 heavy (non-hydrogen) atoms. The van der Waals surface area contributed by atoms with Crippen LogP contribution >= 0.6 is 0 Å². The number of hydrogen-bond acceptors (Lipinski definition) is 4. The van der Waals surface area contributed by atoms with Gasteiger partial charge in [0.2, 0.25) is 0 Å². The lowest BCUT2D eigenvalue weighted by Crippen LogP contribution is -2.32. The van der Waals surface area contributed by atoms with Crippen LogP contribution in [0.2, 0.25) is 0 Å². The standard InChI is InChI=1S/C11H13F2NO4/c1-17-8-3-2-6(4-7(14)10(15)16)5-9(8)18-11(12)13/h2-3,5,7,11H,4,14H2,1H3,(H,15,16). The Bertz CT molecular complexity index is 426. The molecule has 0 aromatic heterocycles. The summed E-state index contributed by atoms with van der Waals surface area (Å²) in [5, 5.41) is 8.66. The van der Waals surface area contributed by atoms with Gasteiger partial charge in [-0.15, -0.1) is 0 Å². The zero-order valence-corrected chi connectivity index (χ0v) is 9.60. The van der Waals surface area contributed by atoms with Gasteiger partial charge >= 0.3 is 12.6 Å². The average Bonchev–Trinajstić information content (AvgIpc) is 2.28. The molecule has 0 radical (unpaired) electrons. The van der Waals surface area contributed by atoms with E-state index in [-0.39, 0.29) is 17.9 Å². The normalized spacial score (nSPS) is 12.3. The first-order valence-corrected chi connectivity index (χ1v) is 5.04. The highest BCUT2D eigenvalue weighted by Crippen LogP contribution is 2.29. The molecule has 1 atom stereocenters. The highest BCUT2D eigenvalue weighted by Gasteiger charge is 2.15. The van der Waals surface area contributed by atoms with E-state index in [1.165, 1.54) is 19.2 Å². The van der Waals surface area contributed by atoms with Crippen LogP contribution in [0.5, 0.6) is 11.5 Å². The molecule has 0 aliphatic carbocycles. The molecular formula is C11H13F2NO4. The Kier molecular flexibility index (Phi) is 4.85. The maximum atomic E-state index is 12.2. The van der Waals surface area contributed by atoms with E-state index in [0.717, 1.165) is 0 Å². The molecule has 0 bridgehead atoms. The Morgan fingerprint density at radius 1 is 1.44 bits per heavy atom. The number of carboxylic acid groups (broad SMARTS) is 1. The maximum Gasteiger partial charge on any atom is 0.387 e. The van der Waals surface area contributed by atoms with Gasteiger partial charge in [0.05, 0.1) is 7.11 Å². The van der Waals surface area contributed by atoms with Crippen molar-refractivity contribution in [1.29, 1.82) is 0 Å². The van der Waals surface area contributed by atoms with Crippen LogP contribution in [0.4, 0.5) is 8.78 Å². The van der Waals surface area contributed by atoms with Gasteiger partial charge in [-0.1, -0.05) is 6.07 Å². The minimum Gasteiger partial charge on any atom is -0.493 e. The number of nitrogens with two attached hydrogens (primary N) is 1. The third-order valence-electron chi connectivity index (χ3n) is 2.22. The molecule has 3 N–H and O–H groups in total. The van der Waals surface area contributed by atoms with Crippen LogP contribution in [0, 0.1) is 0 Å². The zero-order valence-electron chi connectivity index (χ0n) is 9.60. The SMILES string of the molecule is COc1ccc(CC(N)C(=O)O)cc1OC(F)F. The number of benzene rings is 1. The molecule has 1 rings (SSSR count). The first-order chi connectivity index (χ1) is 8.43. The van der Waals surface area contributed by atoms with E-state index < -0.39 is 18.6 Å². The van der Waals surface area contributed by atoms with Crippen LogP contribution in [-0.4, -0.2) is 30.8 Å². The molecule has 7 heteroatoms. The zero-order chi connectivity index (χ0) is 13.7. The van der Waals surface area contributed by atoms with Crippen molar-refractivity contribution in [2.75, 3.05) is 7.11 Å². The number of rotatable bonds is 6. The molecule has 1 unspecified atom stereocenters. The second-order valence-electron chi connectivity index (χ2n) is 3.51. The Morgan fingerprint density at radius 2 is 2.11 bits per heavy atom. The fourth-order valence-corrected chi connectivity index (χ4v) is 1.38. The third-order valence-corrected chi connectivity index (χ3v) is 2.22. The quantitative estimate of drug-likeness (QED) is 0.805. The van der Waals surface area contributed by atoms with Crippen LogP contribution in [0.15, 0.2) is 18.2 Å². The molecule has 0 aliphatic heterocycles. The van der Waals surface area contributed by atoms with Gasteiger partial charge in [0, 0.05) is 0 Å². The smallest absolute Gasteiger partial charge is 0.387 e. The second kappa shape index (κ2) is 6.15. The Labute approximate surface area is 102 Å². The monoisotopic (exact) mass is 261 g/mol. The molecule has 100 valence electrons. The van der Waals surface area contributed by atoms with Crippen molar-refractivity contribution in [3.63, 3.8) is 0 Å². The van der Waals surface area contributed by atoms with Crippen molar-refractivity contribution in [2.45, 2.75) is 19.1 Å². The Morgan fingerprint density at radius 3 is 2.61 bits per heavy atom. The fourth-order valence-electron chi connectivity index (χ4n) is 1.38. The molecule has 0 fully saturated rings. The average molecular weight is 261 g/mol. The predicted molar refractivity (Wildman–Crippen MR) is 58.9 cm³/mol. The molecule has 1 aromatic rings. The van der Waals surface area contributed by atoms with Crippen molar-refractivity contribution < 1.29 is 28.2 Å². The second-order valence-corrected chi connectivity index (χ2v) is 3.51. The summed E-state index contributed by atoms with van der Waals surface area (Å²) < 4.78 is 33.4. The number of alkyl halides is 2. The molecule has 0 saturated heterocycles. The van der Waals surface area contributed by atoms with Gasteiger partial charge in [-0.25, -0.2) is 0 Å². The number of methoxy groups -OCH3 is 1. The van der Waals surface area contributed by atoms with Crippen LogP contribution in [0.1, 0.15) is 5.56 Å². The largest absolute Gasteiger partial charge is 0.493 e. The van der Waals surface area contributed by atoms with Gasteiger partial charge in [0.15, 0.2) is 11.5 Å². The molecule has 5 nitrogen and oxygen atoms in total. The van der Waals surface area contributed by atoms with Gasteiger partial charge in [-0.2, -0.15) is 8.78 Å². The highest BCUT2D eigenvalue weighted by atomic mass is 19.3. The fraction of sp³-hybridized carbons (Fsp3) is 0.364. The van der Waals surface area contributed by atoms with E-state index >= 15 is 0 Å². The summed E-state index contributed by atoms with van der Waals surface area (Å²) in [6.45, 7) is -2.98. The Hall–Kier alpha value is -1.89. The molecule has 0 heterocycles. The van der Waals surface area contributed by atoms with E-state index in [4.69, 9.17) is 15.6 Å². The molecule has 1 aromatic carbocycles. The van der Waals surface area contributed by atoms with E-state index in [9.17, 15) is 13.6 Å². The van der Waals surface area contributed by atoms with E-state index in [1.54, 1.807) is 6.07 Å². The minimum absolute atomic E-state index is 0.0128. The summed E-state index contributed by atoms with van der Waals surface area (Å²) in [4.78, 5) is 10.6. The lowest BCUT2D eigenvalue weighted by molar-refractivity contribution is -0.138. The lowest BCUT2D eigenvalue weighted by atomic mass is 10.1. The third kappa shape index (κ3) is 3.85. The maximum absolute atomic E-state index is 12.2. The summed E-state index contributed by atoms with van der Waals surface area (Å²) in [7, 11) is 1.32. The van der Waals surface area contributed by atoms with Crippen LogP contribution in [-0.2, 0) is 11.2 Å². The van der Waals surface area contributed by atoms with Crippen molar-refractivity contribution >= 4 is 5.97 Å². The van der Waals surface area contributed by atoms with E-state index in [1.807, 2.05) is 0 Å². The summed E-state index contributed by atoms with van der Waals surface area (Å²) >= 11 is 0. The Balaban J connectivity index is 2.91. The van der Waals surface area contributed by atoms with Crippen LogP contribution in [0.25, 0.3) is 0 Å². The molecule has 0 spiro atoms. The van der Waals surface area contributed by atoms with E-state index in [0.29, 0.717) is 5.56 Å². The summed E-state index contributed by atoms with van der Waals surface area (Å²) in [6.07, 6.45) is 0.0128. The van der Waals surface area contributed by atoms with Crippen LogP contribution < -0.4 is 15.2 Å². The molecule has 0 amide bonds. The summed E-state index contributed by atoms with van der Waals surface area (Å²) in [5.74, 6) is -1.17. The van der Waals surface area contributed by atoms with Gasteiger partial charge in [0.1, 0.15) is 6.04 Å². The number of hydrogen-bond donors (Lipinski definition) is 2. The van der Waals surface area contributed by atoms with Gasteiger partial charge in [0.25, 0.3) is 0 Å². The minimum atomic E-state index is -2.98. The number of halogens is 2. The van der Waals surface area contributed by atoms with Gasteiger partial charge < -0.3 is 20.3 Å². The van der Waals surface area contributed by atoms with Crippen molar-refractivity contribution in [3.8, 4) is 11.5 Å². The molecular weight excluding hydrogens is 248 g/mol. The number of carbonyl (C=O) groups is 1. The first-order valence-electron chi connectivity index (χ1n) is 5.04. The highest BCUT2D eigenvalue weighted by molar-refractivity contribution is 5.73. The topological polar surface area (TPSA) is 81.8 Å². The first kappa shape index (κ1) is 14.2. The predicted octanol–water partition coefficient (Wildman–Crippen LogP) is 1.25. The number of ether oxygens (including phenoxy) is 2. The van der Waals surface area contributed by atoms with Crippen molar-refractivity contribution in [1.82, 2.24) is 0 Å². The van der Waals surface area contributed by atoms with Crippen molar-refractivity contribution in [2.24, 2.45) is 5.73 Å². The number of carboxylic acids is 1. The van der Waals surface area contributed by atoms with E-state index in [2.05, 4.69) is 4.74 Å². The summed E-state index contributed by atoms with van der Waals surface area (Å²) in [6, 6.07) is 3.15. The summed E-state index contributed by atoms with van der Waals surface area (Å²) in [5.41, 5.74) is 5.82. The van der Waals surface area contributed by atoms with Crippen molar-refractivity contribution in [3.05, 3.63) is 23.8 Å². The van der Waals surface area contributed by atoms with Gasteiger partial charge in [-0.3, -0.25) is 4.79 Å². The lowest BCUT2D eigenvalue weighted by Gasteiger charge is -2.12. The molecule has 0 saturated carbocycles. The molecule has 0 aliphatic rings. The number of aliphatic carboxylic acids is 1. The van der Waals surface area contributed by atoms with Gasteiger partial charge in [-0.05, 0) is 24.1 Å². The van der Waals surface area contributed by atoms with Crippen LogP contribution in [0.3, 0.4) is 0 Å².